The Kier molecular flexibility index (Phi) is 3.93. The number of nitrogens with one attached hydrogen (secondary N) is 2. The number of carboxylic acid groups (broad SMARTS) is 1. The van der Waals surface area contributed by atoms with Gasteiger partial charge < -0.3 is 15.4 Å². The fraction of sp³-hybridized carbons (Fsp3) is 0.571. The smallest absolute Gasteiger partial charge is 0.354 e. The van der Waals surface area contributed by atoms with Crippen molar-refractivity contribution in [2.24, 2.45) is 11.8 Å². The first kappa shape index (κ1) is 13.6. The molecule has 0 unspecified atom stereocenters. The van der Waals surface area contributed by atoms with Crippen LogP contribution in [0.5, 0.6) is 0 Å². The van der Waals surface area contributed by atoms with Gasteiger partial charge in [0.05, 0.1) is 5.69 Å². The van der Waals surface area contributed by atoms with Gasteiger partial charge in [-0.25, -0.2) is 4.79 Å². The quantitative estimate of drug-likeness (QED) is 0.785. The van der Waals surface area contributed by atoms with Gasteiger partial charge in [0.15, 0.2) is 0 Å². The molecule has 1 fully saturated rings. The zero-order chi connectivity index (χ0) is 14.0. The van der Waals surface area contributed by atoms with Gasteiger partial charge in [-0.15, -0.1) is 0 Å². The van der Waals surface area contributed by atoms with E-state index in [0.717, 1.165) is 31.4 Å². The summed E-state index contributed by atoms with van der Waals surface area (Å²) in [7, 11) is 0. The van der Waals surface area contributed by atoms with Crippen LogP contribution in [0.25, 0.3) is 0 Å². The lowest BCUT2D eigenvalue weighted by molar-refractivity contribution is -0.121. The van der Waals surface area contributed by atoms with Crippen molar-refractivity contribution in [3.63, 3.8) is 0 Å². The monoisotopic (exact) mass is 264 g/mol. The van der Waals surface area contributed by atoms with Crippen LogP contribution >= 0.6 is 0 Å². The van der Waals surface area contributed by atoms with E-state index < -0.39 is 5.97 Å². The van der Waals surface area contributed by atoms with E-state index in [2.05, 4.69) is 17.2 Å². The lowest BCUT2D eigenvalue weighted by Crippen LogP contribution is -2.27. The molecule has 0 bridgehead atoms. The van der Waals surface area contributed by atoms with Gasteiger partial charge in [0.25, 0.3) is 0 Å². The molecule has 1 saturated carbocycles. The third kappa shape index (κ3) is 3.16. The third-order valence-electron chi connectivity index (χ3n) is 3.81. The molecule has 3 N–H and O–H groups in total. The van der Waals surface area contributed by atoms with Crippen molar-refractivity contribution in [2.45, 2.75) is 39.5 Å². The molecule has 19 heavy (non-hydrogen) atoms. The zero-order valence-electron chi connectivity index (χ0n) is 11.3. The average molecular weight is 264 g/mol. The maximum atomic E-state index is 12.1. The molecule has 5 heteroatoms. The van der Waals surface area contributed by atoms with E-state index >= 15 is 0 Å². The minimum atomic E-state index is -1.05. The first-order chi connectivity index (χ1) is 8.97. The number of rotatable bonds is 3. The molecule has 1 heterocycles. The summed E-state index contributed by atoms with van der Waals surface area (Å²) in [5.74, 6) is -0.421. The molecule has 0 aliphatic heterocycles. The minimum Gasteiger partial charge on any atom is -0.477 e. The summed E-state index contributed by atoms with van der Waals surface area (Å²) in [6.45, 7) is 3.97. The number of carbonyl (C=O) groups is 2. The van der Waals surface area contributed by atoms with Crippen LogP contribution in [0.15, 0.2) is 6.07 Å². The van der Waals surface area contributed by atoms with E-state index in [4.69, 9.17) is 5.11 Å². The number of anilines is 1. The molecular weight excluding hydrogens is 244 g/mol. The highest BCUT2D eigenvalue weighted by molar-refractivity contribution is 6.00. The van der Waals surface area contributed by atoms with Gasteiger partial charge >= 0.3 is 5.97 Å². The van der Waals surface area contributed by atoms with Gasteiger partial charge in [0.1, 0.15) is 5.69 Å². The van der Waals surface area contributed by atoms with Crippen LogP contribution in [0.4, 0.5) is 5.69 Å². The topological polar surface area (TPSA) is 82.2 Å². The third-order valence-corrected chi connectivity index (χ3v) is 3.81. The van der Waals surface area contributed by atoms with Crippen molar-refractivity contribution >= 4 is 17.6 Å². The van der Waals surface area contributed by atoms with Crippen molar-refractivity contribution in [1.82, 2.24) is 4.98 Å². The summed E-state index contributed by atoms with van der Waals surface area (Å²) >= 11 is 0. The van der Waals surface area contributed by atoms with E-state index in [1.807, 2.05) is 0 Å². The lowest BCUT2D eigenvalue weighted by Gasteiger charge is -2.25. The Balaban J connectivity index is 2.04. The molecule has 0 saturated heterocycles. The molecule has 1 aliphatic carbocycles. The number of aromatic amines is 1. The van der Waals surface area contributed by atoms with Crippen LogP contribution < -0.4 is 5.32 Å². The Morgan fingerprint density at radius 2 is 1.95 bits per heavy atom. The standard InChI is InChI=1S/C14H20N2O3/c1-8-3-5-10(6-4-8)13(17)16-11-7-9(2)15-12(11)14(18)19/h7-8,10,15H,3-6H2,1-2H3,(H,16,17)(H,18,19). The predicted molar refractivity (Wildman–Crippen MR) is 72.2 cm³/mol. The number of carbonyl (C=O) groups excluding carboxylic acids is 1. The molecule has 2 rings (SSSR count). The lowest BCUT2D eigenvalue weighted by atomic mass is 9.82. The summed E-state index contributed by atoms with van der Waals surface area (Å²) < 4.78 is 0. The van der Waals surface area contributed by atoms with Crippen LogP contribution in [-0.2, 0) is 4.79 Å². The van der Waals surface area contributed by atoms with Crippen LogP contribution in [0.1, 0.15) is 48.8 Å². The molecule has 0 spiro atoms. The molecule has 1 aromatic heterocycles. The van der Waals surface area contributed by atoms with Gasteiger partial charge in [0.2, 0.25) is 5.91 Å². The molecule has 0 atom stereocenters. The molecule has 5 nitrogen and oxygen atoms in total. The maximum absolute atomic E-state index is 12.1. The fourth-order valence-corrected chi connectivity index (χ4v) is 2.61. The van der Waals surface area contributed by atoms with Crippen molar-refractivity contribution in [2.75, 3.05) is 5.32 Å². The molecule has 1 aromatic rings. The highest BCUT2D eigenvalue weighted by Gasteiger charge is 2.25. The second-order valence-electron chi connectivity index (χ2n) is 5.49. The van der Waals surface area contributed by atoms with Gasteiger partial charge in [0, 0.05) is 11.6 Å². The maximum Gasteiger partial charge on any atom is 0.354 e. The van der Waals surface area contributed by atoms with Crippen molar-refractivity contribution in [3.05, 3.63) is 17.5 Å². The van der Waals surface area contributed by atoms with Gasteiger partial charge in [-0.3, -0.25) is 4.79 Å². The van der Waals surface area contributed by atoms with Crippen LogP contribution in [-0.4, -0.2) is 22.0 Å². The number of H-pyrrole nitrogens is 1. The molecule has 0 radical (unpaired) electrons. The van der Waals surface area contributed by atoms with Crippen molar-refractivity contribution < 1.29 is 14.7 Å². The average Bonchev–Trinajstić information content (AvgIpc) is 2.71. The Labute approximate surface area is 112 Å². The molecular formula is C14H20N2O3. The summed E-state index contributed by atoms with van der Waals surface area (Å²) in [6.07, 6.45) is 3.91. The summed E-state index contributed by atoms with van der Waals surface area (Å²) in [6, 6.07) is 1.66. The van der Waals surface area contributed by atoms with E-state index in [-0.39, 0.29) is 17.5 Å². The highest BCUT2D eigenvalue weighted by atomic mass is 16.4. The Bertz CT molecular complexity index is 485. The van der Waals surface area contributed by atoms with Crippen molar-refractivity contribution in [1.29, 1.82) is 0 Å². The van der Waals surface area contributed by atoms with Gasteiger partial charge in [-0.1, -0.05) is 6.92 Å². The molecule has 0 aromatic carbocycles. The number of amides is 1. The normalized spacial score (nSPS) is 23.1. The van der Waals surface area contributed by atoms with E-state index in [1.165, 1.54) is 0 Å². The first-order valence-electron chi connectivity index (χ1n) is 6.71. The van der Waals surface area contributed by atoms with Gasteiger partial charge in [-0.2, -0.15) is 0 Å². The molecule has 1 amide bonds. The zero-order valence-corrected chi connectivity index (χ0v) is 11.3. The van der Waals surface area contributed by atoms with Crippen molar-refractivity contribution in [3.8, 4) is 0 Å². The Morgan fingerprint density at radius 3 is 2.53 bits per heavy atom. The summed E-state index contributed by atoms with van der Waals surface area (Å²) in [4.78, 5) is 25.9. The Morgan fingerprint density at radius 1 is 1.32 bits per heavy atom. The number of aromatic nitrogens is 1. The van der Waals surface area contributed by atoms with Gasteiger partial charge in [-0.05, 0) is 44.6 Å². The SMILES string of the molecule is Cc1cc(NC(=O)C2CCC(C)CC2)c(C(=O)O)[nH]1. The molecule has 1 aliphatic rings. The predicted octanol–water partition coefficient (Wildman–Crippen LogP) is 2.79. The Hall–Kier alpha value is -1.78. The summed E-state index contributed by atoms with van der Waals surface area (Å²) in [5.41, 5.74) is 1.15. The number of aryl methyl sites for hydroxylation is 1. The minimum absolute atomic E-state index is 0.00745. The number of hydrogen-bond acceptors (Lipinski definition) is 2. The van der Waals surface area contributed by atoms with Crippen LogP contribution in [0, 0.1) is 18.8 Å². The first-order valence-corrected chi connectivity index (χ1v) is 6.71. The number of hydrogen-bond donors (Lipinski definition) is 3. The van der Waals surface area contributed by atoms with E-state index in [0.29, 0.717) is 11.6 Å². The van der Waals surface area contributed by atoms with E-state index in [9.17, 15) is 9.59 Å². The highest BCUT2D eigenvalue weighted by Crippen LogP contribution is 2.29. The van der Waals surface area contributed by atoms with E-state index in [1.54, 1.807) is 13.0 Å². The largest absolute Gasteiger partial charge is 0.477 e. The van der Waals surface area contributed by atoms with Crippen LogP contribution in [0.3, 0.4) is 0 Å². The van der Waals surface area contributed by atoms with Crippen LogP contribution in [0.2, 0.25) is 0 Å². The number of aromatic carboxylic acids is 1. The number of carboxylic acids is 1. The summed E-state index contributed by atoms with van der Waals surface area (Å²) in [5, 5.41) is 11.8. The second-order valence-corrected chi connectivity index (χ2v) is 5.49. The second kappa shape index (κ2) is 5.47. The molecule has 104 valence electrons. The fourth-order valence-electron chi connectivity index (χ4n) is 2.61.